The molecule has 0 aliphatic carbocycles. The molecule has 0 saturated carbocycles. The Morgan fingerprint density at radius 2 is 2.00 bits per heavy atom. The molecular formula is C12H13N5. The monoisotopic (exact) mass is 227 g/mol. The van der Waals surface area contributed by atoms with Gasteiger partial charge in [-0.2, -0.15) is 5.10 Å². The fraction of sp³-hybridized carbons (Fsp3) is 0.167. The van der Waals surface area contributed by atoms with Crippen molar-refractivity contribution in [3.63, 3.8) is 0 Å². The van der Waals surface area contributed by atoms with Gasteiger partial charge < -0.3 is 9.88 Å². The molecule has 0 spiro atoms. The third-order valence-electron chi connectivity index (χ3n) is 2.75. The average Bonchev–Trinajstić information content (AvgIpc) is 2.86. The van der Waals surface area contributed by atoms with Crippen molar-refractivity contribution < 1.29 is 0 Å². The third-order valence-corrected chi connectivity index (χ3v) is 2.75. The molecule has 5 heteroatoms. The third kappa shape index (κ3) is 1.65. The van der Waals surface area contributed by atoms with Crippen molar-refractivity contribution in [1.29, 1.82) is 0 Å². The summed E-state index contributed by atoms with van der Waals surface area (Å²) < 4.78 is 3.79. The van der Waals surface area contributed by atoms with Crippen LogP contribution in [-0.4, -0.2) is 19.3 Å². The van der Waals surface area contributed by atoms with Crippen molar-refractivity contribution in [1.82, 2.24) is 19.3 Å². The van der Waals surface area contributed by atoms with Gasteiger partial charge in [0, 0.05) is 20.3 Å². The first-order valence-electron chi connectivity index (χ1n) is 5.41. The highest BCUT2D eigenvalue weighted by atomic mass is 15.3. The molecule has 2 aromatic heterocycles. The quantitative estimate of drug-likeness (QED) is 0.729. The second-order valence-corrected chi connectivity index (χ2v) is 4.01. The molecule has 5 nitrogen and oxygen atoms in total. The summed E-state index contributed by atoms with van der Waals surface area (Å²) in [6.45, 7) is 0. The van der Waals surface area contributed by atoms with Gasteiger partial charge in [-0.05, 0) is 12.1 Å². The number of benzene rings is 1. The summed E-state index contributed by atoms with van der Waals surface area (Å²) in [6.07, 6.45) is 3.69. The lowest BCUT2D eigenvalue weighted by molar-refractivity contribution is 0.768. The van der Waals surface area contributed by atoms with Crippen LogP contribution in [0.2, 0.25) is 0 Å². The van der Waals surface area contributed by atoms with Crippen LogP contribution in [0.1, 0.15) is 0 Å². The minimum Gasteiger partial charge on any atom is -0.323 e. The van der Waals surface area contributed by atoms with Gasteiger partial charge in [0.2, 0.25) is 5.95 Å². The number of para-hydroxylation sites is 2. The van der Waals surface area contributed by atoms with E-state index >= 15 is 0 Å². The van der Waals surface area contributed by atoms with Gasteiger partial charge in [0.25, 0.3) is 0 Å². The standard InChI is InChI=1S/C12H13N5/c1-16-8-9(7-13-16)14-12-15-10-5-3-4-6-11(10)17(12)2/h3-8H,1-2H3,(H,14,15). The number of rotatable bonds is 2. The van der Waals surface area contributed by atoms with Crippen LogP contribution in [0.25, 0.3) is 11.0 Å². The molecule has 0 bridgehead atoms. The van der Waals surface area contributed by atoms with Crippen molar-refractivity contribution >= 4 is 22.7 Å². The van der Waals surface area contributed by atoms with Crippen LogP contribution in [0.15, 0.2) is 36.7 Å². The van der Waals surface area contributed by atoms with Gasteiger partial charge in [-0.15, -0.1) is 0 Å². The SMILES string of the molecule is Cn1cc(Nc2nc3ccccc3n2C)cn1. The predicted molar refractivity (Wildman–Crippen MR) is 67.2 cm³/mol. The van der Waals surface area contributed by atoms with Crippen molar-refractivity contribution in [3.8, 4) is 0 Å². The number of nitrogens with one attached hydrogen (secondary N) is 1. The van der Waals surface area contributed by atoms with Gasteiger partial charge in [-0.1, -0.05) is 12.1 Å². The highest BCUT2D eigenvalue weighted by Crippen LogP contribution is 2.20. The Balaban J connectivity index is 2.03. The zero-order chi connectivity index (χ0) is 11.8. The van der Waals surface area contributed by atoms with E-state index in [0.29, 0.717) is 0 Å². The largest absolute Gasteiger partial charge is 0.323 e. The van der Waals surface area contributed by atoms with Crippen molar-refractivity contribution in [2.24, 2.45) is 14.1 Å². The topological polar surface area (TPSA) is 47.7 Å². The molecule has 1 aromatic carbocycles. The van der Waals surface area contributed by atoms with Crippen molar-refractivity contribution in [3.05, 3.63) is 36.7 Å². The lowest BCUT2D eigenvalue weighted by Crippen LogP contribution is -1.98. The molecule has 0 aliphatic rings. The van der Waals surface area contributed by atoms with Crippen LogP contribution in [0.3, 0.4) is 0 Å². The van der Waals surface area contributed by atoms with E-state index in [4.69, 9.17) is 0 Å². The fourth-order valence-electron chi connectivity index (χ4n) is 1.87. The molecular weight excluding hydrogens is 214 g/mol. The summed E-state index contributed by atoms with van der Waals surface area (Å²) in [6, 6.07) is 8.06. The van der Waals surface area contributed by atoms with Crippen molar-refractivity contribution in [2.45, 2.75) is 0 Å². The minimum absolute atomic E-state index is 0.819. The smallest absolute Gasteiger partial charge is 0.208 e. The number of nitrogens with zero attached hydrogens (tertiary/aromatic N) is 4. The normalized spacial score (nSPS) is 10.9. The van der Waals surface area contributed by atoms with Gasteiger partial charge in [-0.25, -0.2) is 4.98 Å². The molecule has 0 aliphatic heterocycles. The van der Waals surface area contributed by atoms with Crippen LogP contribution in [0, 0.1) is 0 Å². The summed E-state index contributed by atoms with van der Waals surface area (Å²) in [4.78, 5) is 4.53. The van der Waals surface area contributed by atoms with E-state index in [1.165, 1.54) is 0 Å². The summed E-state index contributed by atoms with van der Waals surface area (Å²) in [5.74, 6) is 0.819. The molecule has 3 aromatic rings. The number of aromatic nitrogens is 4. The van der Waals surface area contributed by atoms with Crippen LogP contribution in [0.4, 0.5) is 11.6 Å². The summed E-state index contributed by atoms with van der Waals surface area (Å²) in [5, 5.41) is 7.36. The number of anilines is 2. The molecule has 3 rings (SSSR count). The lowest BCUT2D eigenvalue weighted by atomic mass is 10.3. The Morgan fingerprint density at radius 1 is 1.18 bits per heavy atom. The first-order chi connectivity index (χ1) is 8.24. The predicted octanol–water partition coefficient (Wildman–Crippen LogP) is 2.05. The maximum atomic E-state index is 4.53. The summed E-state index contributed by atoms with van der Waals surface area (Å²) in [7, 11) is 3.88. The second-order valence-electron chi connectivity index (χ2n) is 4.01. The van der Waals surface area contributed by atoms with E-state index in [1.807, 2.05) is 43.1 Å². The van der Waals surface area contributed by atoms with Gasteiger partial charge in [-0.3, -0.25) is 4.68 Å². The van der Waals surface area contributed by atoms with E-state index in [9.17, 15) is 0 Å². The van der Waals surface area contributed by atoms with E-state index in [1.54, 1.807) is 10.9 Å². The van der Waals surface area contributed by atoms with E-state index in [-0.39, 0.29) is 0 Å². The number of imidazole rings is 1. The second kappa shape index (κ2) is 3.62. The Labute approximate surface area is 98.7 Å². The fourth-order valence-corrected chi connectivity index (χ4v) is 1.87. The van der Waals surface area contributed by atoms with Crippen LogP contribution >= 0.6 is 0 Å². The zero-order valence-corrected chi connectivity index (χ0v) is 9.75. The molecule has 0 unspecified atom stereocenters. The zero-order valence-electron chi connectivity index (χ0n) is 9.75. The molecule has 0 radical (unpaired) electrons. The van der Waals surface area contributed by atoms with Gasteiger partial charge >= 0.3 is 0 Å². The first kappa shape index (κ1) is 9.89. The highest BCUT2D eigenvalue weighted by molar-refractivity contribution is 5.79. The molecule has 1 N–H and O–H groups in total. The van der Waals surface area contributed by atoms with Crippen molar-refractivity contribution in [2.75, 3.05) is 5.32 Å². The Bertz CT molecular complexity index is 664. The minimum atomic E-state index is 0.819. The lowest BCUT2D eigenvalue weighted by Gasteiger charge is -2.02. The molecule has 2 heterocycles. The molecule has 0 fully saturated rings. The van der Waals surface area contributed by atoms with Gasteiger partial charge in [0.1, 0.15) is 0 Å². The van der Waals surface area contributed by atoms with E-state index in [0.717, 1.165) is 22.7 Å². The Kier molecular flexibility index (Phi) is 2.11. The first-order valence-corrected chi connectivity index (χ1v) is 5.41. The van der Waals surface area contributed by atoms with E-state index < -0.39 is 0 Å². The average molecular weight is 227 g/mol. The molecule has 0 saturated heterocycles. The van der Waals surface area contributed by atoms with E-state index in [2.05, 4.69) is 21.5 Å². The van der Waals surface area contributed by atoms with Gasteiger partial charge in [0.15, 0.2) is 0 Å². The number of hydrogen-bond donors (Lipinski definition) is 1. The molecule has 0 amide bonds. The maximum absolute atomic E-state index is 4.53. The molecule has 17 heavy (non-hydrogen) atoms. The summed E-state index contributed by atoms with van der Waals surface area (Å²) in [5.41, 5.74) is 3.03. The molecule has 86 valence electrons. The molecule has 0 atom stereocenters. The highest BCUT2D eigenvalue weighted by Gasteiger charge is 2.07. The number of aryl methyl sites for hydroxylation is 2. The maximum Gasteiger partial charge on any atom is 0.208 e. The Morgan fingerprint density at radius 3 is 2.71 bits per heavy atom. The number of fused-ring (bicyclic) bond motifs is 1. The van der Waals surface area contributed by atoms with Crippen LogP contribution in [-0.2, 0) is 14.1 Å². The number of hydrogen-bond acceptors (Lipinski definition) is 3. The van der Waals surface area contributed by atoms with Crippen LogP contribution < -0.4 is 5.32 Å². The van der Waals surface area contributed by atoms with Crippen LogP contribution in [0.5, 0.6) is 0 Å². The summed E-state index contributed by atoms with van der Waals surface area (Å²) >= 11 is 0. The Hall–Kier alpha value is -2.30. The van der Waals surface area contributed by atoms with Gasteiger partial charge in [0.05, 0.1) is 22.9 Å².